The summed E-state index contributed by atoms with van der Waals surface area (Å²) in [7, 11) is 0. The molecular formula is C22H23NO2S2. The molecule has 27 heavy (non-hydrogen) atoms. The number of thioether (sulfide) groups is 1. The third-order valence-corrected chi connectivity index (χ3v) is 5.79. The van der Waals surface area contributed by atoms with Crippen LogP contribution in [0.15, 0.2) is 47.4 Å². The lowest BCUT2D eigenvalue weighted by molar-refractivity contribution is -0.113. The fourth-order valence-electron chi connectivity index (χ4n) is 2.70. The van der Waals surface area contributed by atoms with Crippen LogP contribution in [0, 0.1) is 13.8 Å². The van der Waals surface area contributed by atoms with Gasteiger partial charge in [0.1, 0.15) is 5.75 Å². The van der Waals surface area contributed by atoms with Crippen LogP contribution in [0.5, 0.6) is 5.75 Å². The number of ether oxygens (including phenoxy) is 1. The first kappa shape index (κ1) is 19.6. The number of carbonyl (C=O) groups excluding carboxylic acids is 1. The number of anilines is 1. The second-order valence-corrected chi connectivity index (χ2v) is 8.23. The van der Waals surface area contributed by atoms with E-state index in [1.807, 2.05) is 55.5 Å². The van der Waals surface area contributed by atoms with Crippen LogP contribution < -0.4 is 9.64 Å². The molecule has 0 spiro atoms. The lowest BCUT2D eigenvalue weighted by Gasteiger charge is -2.15. The molecule has 1 aliphatic rings. The zero-order valence-electron chi connectivity index (χ0n) is 15.8. The maximum absolute atomic E-state index is 12.9. The third-order valence-electron chi connectivity index (χ3n) is 4.49. The summed E-state index contributed by atoms with van der Waals surface area (Å²) in [5.74, 6) is 0.778. The van der Waals surface area contributed by atoms with Gasteiger partial charge in [0, 0.05) is 0 Å². The molecule has 1 fully saturated rings. The van der Waals surface area contributed by atoms with Crippen LogP contribution >= 0.6 is 24.0 Å². The normalized spacial score (nSPS) is 15.7. The van der Waals surface area contributed by atoms with Crippen molar-refractivity contribution in [1.29, 1.82) is 0 Å². The van der Waals surface area contributed by atoms with Gasteiger partial charge in [-0.05, 0) is 67.3 Å². The molecule has 2 aromatic rings. The van der Waals surface area contributed by atoms with Gasteiger partial charge in [0.25, 0.3) is 5.91 Å². The Balaban J connectivity index is 1.76. The standard InChI is InChI=1S/C22H23NO2S2/c1-4-5-12-25-19-10-7-17(8-11-19)14-20-21(24)23(22(26)27-20)18-9-6-15(2)16(3)13-18/h6-11,13-14H,4-5,12H2,1-3H3/b20-14-. The minimum Gasteiger partial charge on any atom is -0.494 e. The van der Waals surface area contributed by atoms with Gasteiger partial charge in [-0.3, -0.25) is 9.69 Å². The molecule has 0 N–H and O–H groups in total. The van der Waals surface area contributed by atoms with Crippen LogP contribution in [-0.4, -0.2) is 16.8 Å². The average Bonchev–Trinajstić information content (AvgIpc) is 2.93. The Bertz CT molecular complexity index is 888. The molecule has 1 saturated heterocycles. The van der Waals surface area contributed by atoms with Crippen molar-refractivity contribution in [3.63, 3.8) is 0 Å². The van der Waals surface area contributed by atoms with Crippen molar-refractivity contribution in [3.05, 3.63) is 64.1 Å². The number of nitrogens with zero attached hydrogens (tertiary/aromatic N) is 1. The number of amides is 1. The van der Waals surface area contributed by atoms with E-state index in [0.29, 0.717) is 9.23 Å². The van der Waals surface area contributed by atoms with Crippen molar-refractivity contribution in [2.45, 2.75) is 33.6 Å². The Morgan fingerprint density at radius 2 is 1.85 bits per heavy atom. The van der Waals surface area contributed by atoms with Gasteiger partial charge in [-0.15, -0.1) is 0 Å². The highest BCUT2D eigenvalue weighted by Gasteiger charge is 2.33. The lowest BCUT2D eigenvalue weighted by atomic mass is 10.1. The van der Waals surface area contributed by atoms with E-state index in [9.17, 15) is 4.79 Å². The molecule has 2 aromatic carbocycles. The van der Waals surface area contributed by atoms with Gasteiger partial charge >= 0.3 is 0 Å². The fourth-order valence-corrected chi connectivity index (χ4v) is 4.00. The van der Waals surface area contributed by atoms with Crippen LogP contribution in [-0.2, 0) is 4.79 Å². The molecule has 1 amide bonds. The highest BCUT2D eigenvalue weighted by Crippen LogP contribution is 2.36. The van der Waals surface area contributed by atoms with Gasteiger partial charge in [-0.25, -0.2) is 0 Å². The summed E-state index contributed by atoms with van der Waals surface area (Å²) in [6.07, 6.45) is 4.04. The van der Waals surface area contributed by atoms with Gasteiger partial charge < -0.3 is 4.74 Å². The molecule has 0 aliphatic carbocycles. The number of hydrogen-bond donors (Lipinski definition) is 0. The molecule has 0 atom stereocenters. The maximum Gasteiger partial charge on any atom is 0.270 e. The lowest BCUT2D eigenvalue weighted by Crippen LogP contribution is -2.27. The summed E-state index contributed by atoms with van der Waals surface area (Å²) in [6.45, 7) is 6.96. The van der Waals surface area contributed by atoms with Crippen molar-refractivity contribution < 1.29 is 9.53 Å². The van der Waals surface area contributed by atoms with Gasteiger partial charge in [0.15, 0.2) is 4.32 Å². The minimum atomic E-state index is -0.0727. The molecule has 3 nitrogen and oxygen atoms in total. The molecule has 3 rings (SSSR count). The van der Waals surface area contributed by atoms with Crippen LogP contribution in [0.3, 0.4) is 0 Å². The molecule has 5 heteroatoms. The van der Waals surface area contributed by atoms with E-state index in [4.69, 9.17) is 17.0 Å². The highest BCUT2D eigenvalue weighted by molar-refractivity contribution is 8.27. The number of benzene rings is 2. The Labute approximate surface area is 170 Å². The second kappa shape index (κ2) is 8.72. The van der Waals surface area contributed by atoms with Crippen LogP contribution in [0.4, 0.5) is 5.69 Å². The highest BCUT2D eigenvalue weighted by atomic mass is 32.2. The topological polar surface area (TPSA) is 29.5 Å². The Morgan fingerprint density at radius 3 is 2.52 bits per heavy atom. The Kier molecular flexibility index (Phi) is 6.34. The van der Waals surface area contributed by atoms with E-state index in [1.165, 1.54) is 17.3 Å². The summed E-state index contributed by atoms with van der Waals surface area (Å²) >= 11 is 6.80. The summed E-state index contributed by atoms with van der Waals surface area (Å²) in [4.78, 5) is 15.1. The van der Waals surface area contributed by atoms with Crippen molar-refractivity contribution >= 4 is 46.0 Å². The number of unbranched alkanes of at least 4 members (excludes halogenated alkanes) is 1. The predicted octanol–water partition coefficient (Wildman–Crippen LogP) is 5.89. The van der Waals surface area contributed by atoms with E-state index in [1.54, 1.807) is 4.90 Å². The van der Waals surface area contributed by atoms with Gasteiger partial charge in [-0.1, -0.05) is 55.5 Å². The van der Waals surface area contributed by atoms with E-state index in [-0.39, 0.29) is 5.91 Å². The van der Waals surface area contributed by atoms with E-state index in [2.05, 4.69) is 13.8 Å². The molecule has 0 bridgehead atoms. The molecule has 0 saturated carbocycles. The number of rotatable bonds is 6. The zero-order chi connectivity index (χ0) is 19.4. The molecule has 0 unspecified atom stereocenters. The van der Waals surface area contributed by atoms with Crippen molar-refractivity contribution in [2.24, 2.45) is 0 Å². The zero-order valence-corrected chi connectivity index (χ0v) is 17.5. The van der Waals surface area contributed by atoms with Gasteiger partial charge in [-0.2, -0.15) is 0 Å². The summed E-state index contributed by atoms with van der Waals surface area (Å²) in [6, 6.07) is 13.8. The number of carbonyl (C=O) groups is 1. The molecule has 1 heterocycles. The van der Waals surface area contributed by atoms with E-state index in [0.717, 1.165) is 42.0 Å². The first-order valence-corrected chi connectivity index (χ1v) is 10.3. The van der Waals surface area contributed by atoms with Crippen molar-refractivity contribution in [1.82, 2.24) is 0 Å². The van der Waals surface area contributed by atoms with Crippen LogP contribution in [0.25, 0.3) is 6.08 Å². The fraction of sp³-hybridized carbons (Fsp3) is 0.273. The number of hydrogen-bond acceptors (Lipinski definition) is 4. The third kappa shape index (κ3) is 4.60. The maximum atomic E-state index is 12.9. The molecule has 0 aromatic heterocycles. The van der Waals surface area contributed by atoms with Crippen LogP contribution in [0.1, 0.15) is 36.5 Å². The van der Waals surface area contributed by atoms with Crippen molar-refractivity contribution in [3.8, 4) is 5.75 Å². The average molecular weight is 398 g/mol. The largest absolute Gasteiger partial charge is 0.494 e. The van der Waals surface area contributed by atoms with Crippen molar-refractivity contribution in [2.75, 3.05) is 11.5 Å². The monoisotopic (exact) mass is 397 g/mol. The number of thiocarbonyl (C=S) groups is 1. The smallest absolute Gasteiger partial charge is 0.270 e. The molecular weight excluding hydrogens is 374 g/mol. The first-order chi connectivity index (χ1) is 13.0. The second-order valence-electron chi connectivity index (χ2n) is 6.56. The van der Waals surface area contributed by atoms with Crippen LogP contribution in [0.2, 0.25) is 0 Å². The van der Waals surface area contributed by atoms with Gasteiger partial charge in [0.05, 0.1) is 17.2 Å². The molecule has 1 aliphatic heterocycles. The van der Waals surface area contributed by atoms with E-state index >= 15 is 0 Å². The molecule has 140 valence electrons. The first-order valence-electron chi connectivity index (χ1n) is 9.07. The number of aryl methyl sites for hydroxylation is 2. The summed E-state index contributed by atoms with van der Waals surface area (Å²) < 4.78 is 6.25. The minimum absolute atomic E-state index is 0.0727. The quantitative estimate of drug-likeness (QED) is 0.345. The Hall–Kier alpha value is -2.11. The summed E-state index contributed by atoms with van der Waals surface area (Å²) in [5, 5.41) is 0. The predicted molar refractivity (Wildman–Crippen MR) is 118 cm³/mol. The SMILES string of the molecule is CCCCOc1ccc(/C=C2\SC(=S)N(c3ccc(C)c(C)c3)C2=O)cc1. The Morgan fingerprint density at radius 1 is 1.11 bits per heavy atom. The van der Waals surface area contributed by atoms with Gasteiger partial charge in [0.2, 0.25) is 0 Å². The van der Waals surface area contributed by atoms with E-state index < -0.39 is 0 Å². The molecule has 0 radical (unpaired) electrons. The summed E-state index contributed by atoms with van der Waals surface area (Å²) in [5.41, 5.74) is 4.12.